The molecular weight excluding hydrogens is 454 g/mol. The number of anilines is 1. The predicted molar refractivity (Wildman–Crippen MR) is 131 cm³/mol. The van der Waals surface area contributed by atoms with Crippen LogP contribution >= 0.6 is 11.3 Å². The third kappa shape index (κ3) is 4.84. The van der Waals surface area contributed by atoms with E-state index in [9.17, 15) is 14.4 Å². The van der Waals surface area contributed by atoms with Crippen molar-refractivity contribution in [2.45, 2.75) is 20.4 Å². The van der Waals surface area contributed by atoms with Crippen molar-refractivity contribution in [3.63, 3.8) is 0 Å². The molecule has 3 aromatic carbocycles. The number of carbonyl (C=O) groups excluding carboxylic acids is 3. The van der Waals surface area contributed by atoms with Crippen LogP contribution in [-0.4, -0.2) is 36.1 Å². The monoisotopic (exact) mass is 477 g/mol. The number of carbonyl (C=O) groups is 3. The zero-order chi connectivity index (χ0) is 24.2. The lowest BCUT2D eigenvalue weighted by atomic mass is 10.1. The second kappa shape index (κ2) is 9.88. The van der Waals surface area contributed by atoms with Gasteiger partial charge in [0.1, 0.15) is 12.3 Å². The van der Waals surface area contributed by atoms with Gasteiger partial charge < -0.3 is 19.4 Å². The molecule has 0 aliphatic carbocycles. The van der Waals surface area contributed by atoms with Crippen LogP contribution in [0.15, 0.2) is 59.6 Å². The summed E-state index contributed by atoms with van der Waals surface area (Å²) in [6.07, 6.45) is 0. The molecule has 1 N–H and O–H groups in total. The van der Waals surface area contributed by atoms with Crippen molar-refractivity contribution in [1.82, 2.24) is 4.57 Å². The van der Waals surface area contributed by atoms with E-state index in [1.165, 1.54) is 25.4 Å². The quantitative estimate of drug-likeness (QED) is 0.421. The molecule has 0 saturated carbocycles. The highest BCUT2D eigenvalue weighted by Crippen LogP contribution is 2.27. The molecule has 9 heteroatoms. The van der Waals surface area contributed by atoms with Gasteiger partial charge in [-0.15, -0.1) is 0 Å². The summed E-state index contributed by atoms with van der Waals surface area (Å²) in [5, 5.41) is 4.57. The van der Waals surface area contributed by atoms with Gasteiger partial charge in [0, 0.05) is 12.6 Å². The summed E-state index contributed by atoms with van der Waals surface area (Å²) in [6, 6.07) is 16.5. The van der Waals surface area contributed by atoms with Gasteiger partial charge in [0.15, 0.2) is 4.80 Å². The van der Waals surface area contributed by atoms with Crippen LogP contribution in [0.3, 0.4) is 0 Å². The maximum absolute atomic E-state index is 13.3. The fraction of sp³-hybridized carbons (Fsp3) is 0.200. The van der Waals surface area contributed by atoms with Gasteiger partial charge in [-0.3, -0.25) is 14.4 Å². The highest BCUT2D eigenvalue weighted by Gasteiger charge is 2.16. The molecule has 4 rings (SSSR count). The van der Waals surface area contributed by atoms with Crippen molar-refractivity contribution < 1.29 is 23.9 Å². The SMILES string of the molecule is CCOC(=O)Cn1c(=NC(=O)c2cc3ccccc3cc2OC)sc2cc(NC(C)=O)ccc21. The molecule has 4 aromatic rings. The first kappa shape index (κ1) is 23.2. The Hall–Kier alpha value is -3.98. The van der Waals surface area contributed by atoms with Crippen LogP contribution in [0.1, 0.15) is 24.2 Å². The zero-order valence-electron chi connectivity index (χ0n) is 19.0. The molecule has 2 amide bonds. The number of ether oxygens (including phenoxy) is 2. The first-order valence-corrected chi connectivity index (χ1v) is 11.4. The van der Waals surface area contributed by atoms with E-state index in [1.807, 2.05) is 24.3 Å². The number of rotatable bonds is 6. The van der Waals surface area contributed by atoms with Crippen molar-refractivity contribution in [3.8, 4) is 5.75 Å². The third-order valence-corrected chi connectivity index (χ3v) is 6.13. The van der Waals surface area contributed by atoms with Crippen molar-refractivity contribution in [2.75, 3.05) is 19.0 Å². The van der Waals surface area contributed by atoms with Gasteiger partial charge in [0.05, 0.1) is 29.5 Å². The number of thiazole rings is 1. The lowest BCUT2D eigenvalue weighted by Crippen LogP contribution is -2.23. The smallest absolute Gasteiger partial charge is 0.326 e. The molecule has 0 aliphatic heterocycles. The van der Waals surface area contributed by atoms with E-state index in [0.717, 1.165) is 15.5 Å². The van der Waals surface area contributed by atoms with Gasteiger partial charge in [-0.2, -0.15) is 4.99 Å². The Morgan fingerprint density at radius 2 is 1.79 bits per heavy atom. The fourth-order valence-corrected chi connectivity index (χ4v) is 4.70. The predicted octanol–water partition coefficient (Wildman–Crippen LogP) is 4.13. The number of methoxy groups -OCH3 is 1. The van der Waals surface area contributed by atoms with E-state index in [1.54, 1.807) is 41.8 Å². The zero-order valence-corrected chi connectivity index (χ0v) is 19.8. The summed E-state index contributed by atoms with van der Waals surface area (Å²) in [6.45, 7) is 3.30. The van der Waals surface area contributed by atoms with Crippen LogP contribution in [0.5, 0.6) is 5.75 Å². The van der Waals surface area contributed by atoms with Crippen LogP contribution in [0.4, 0.5) is 5.69 Å². The van der Waals surface area contributed by atoms with Crippen molar-refractivity contribution in [1.29, 1.82) is 0 Å². The van der Waals surface area contributed by atoms with Crippen LogP contribution in [-0.2, 0) is 20.9 Å². The van der Waals surface area contributed by atoms with Crippen LogP contribution < -0.4 is 14.9 Å². The number of benzene rings is 3. The van der Waals surface area contributed by atoms with Crippen LogP contribution in [0, 0.1) is 0 Å². The highest BCUT2D eigenvalue weighted by atomic mass is 32.1. The third-order valence-electron chi connectivity index (χ3n) is 5.09. The molecule has 0 aliphatic rings. The van der Waals surface area contributed by atoms with E-state index >= 15 is 0 Å². The lowest BCUT2D eigenvalue weighted by molar-refractivity contribution is -0.143. The maximum atomic E-state index is 13.3. The summed E-state index contributed by atoms with van der Waals surface area (Å²) in [7, 11) is 1.50. The molecule has 0 atom stereocenters. The number of hydrogen-bond donors (Lipinski definition) is 1. The number of fused-ring (bicyclic) bond motifs is 2. The first-order valence-electron chi connectivity index (χ1n) is 10.6. The molecule has 174 valence electrons. The summed E-state index contributed by atoms with van der Waals surface area (Å²) >= 11 is 1.24. The molecule has 8 nitrogen and oxygen atoms in total. The van der Waals surface area contributed by atoms with E-state index in [0.29, 0.717) is 27.3 Å². The summed E-state index contributed by atoms with van der Waals surface area (Å²) < 4.78 is 13.0. The van der Waals surface area contributed by atoms with Gasteiger partial charge >= 0.3 is 5.97 Å². The Labute approximate surface area is 199 Å². The molecular formula is C25H23N3O5S. The molecule has 0 unspecified atom stereocenters. The molecule has 0 radical (unpaired) electrons. The molecule has 0 saturated heterocycles. The number of nitrogens with one attached hydrogen (secondary N) is 1. The molecule has 1 heterocycles. The highest BCUT2D eigenvalue weighted by molar-refractivity contribution is 7.16. The molecule has 0 fully saturated rings. The van der Waals surface area contributed by atoms with Crippen LogP contribution in [0.25, 0.3) is 21.0 Å². The summed E-state index contributed by atoms with van der Waals surface area (Å²) in [5.41, 5.74) is 1.63. The van der Waals surface area contributed by atoms with E-state index in [-0.39, 0.29) is 19.1 Å². The number of esters is 1. The van der Waals surface area contributed by atoms with Gasteiger partial charge in [-0.05, 0) is 48.0 Å². The van der Waals surface area contributed by atoms with E-state index < -0.39 is 11.9 Å². The Morgan fingerprint density at radius 1 is 1.06 bits per heavy atom. The summed E-state index contributed by atoms with van der Waals surface area (Å²) in [5.74, 6) is -0.712. The second-order valence-corrected chi connectivity index (χ2v) is 8.47. The number of nitrogens with zero attached hydrogens (tertiary/aromatic N) is 2. The normalized spacial score (nSPS) is 11.6. The largest absolute Gasteiger partial charge is 0.496 e. The number of aromatic nitrogens is 1. The van der Waals surface area contributed by atoms with Gasteiger partial charge in [0.25, 0.3) is 5.91 Å². The Kier molecular flexibility index (Phi) is 6.74. The van der Waals surface area contributed by atoms with E-state index in [2.05, 4.69) is 10.3 Å². The molecule has 0 bridgehead atoms. The molecule has 34 heavy (non-hydrogen) atoms. The van der Waals surface area contributed by atoms with E-state index in [4.69, 9.17) is 9.47 Å². The Bertz CT molecular complexity index is 1490. The second-order valence-electron chi connectivity index (χ2n) is 7.46. The average Bonchev–Trinajstić information content (AvgIpc) is 3.13. The van der Waals surface area contributed by atoms with Gasteiger partial charge in [-0.1, -0.05) is 35.6 Å². The van der Waals surface area contributed by atoms with Crippen molar-refractivity contribution >= 4 is 55.8 Å². The van der Waals surface area contributed by atoms with Crippen molar-refractivity contribution in [3.05, 3.63) is 65.0 Å². The maximum Gasteiger partial charge on any atom is 0.326 e. The number of hydrogen-bond acceptors (Lipinski definition) is 6. The Morgan fingerprint density at radius 3 is 2.47 bits per heavy atom. The molecule has 1 aromatic heterocycles. The topological polar surface area (TPSA) is 99.0 Å². The minimum atomic E-state index is -0.492. The van der Waals surface area contributed by atoms with Crippen LogP contribution in [0.2, 0.25) is 0 Å². The average molecular weight is 478 g/mol. The van der Waals surface area contributed by atoms with Crippen molar-refractivity contribution in [2.24, 2.45) is 4.99 Å². The number of amides is 2. The lowest BCUT2D eigenvalue weighted by Gasteiger charge is -2.08. The van der Waals surface area contributed by atoms with Gasteiger partial charge in [0.2, 0.25) is 5.91 Å². The standard InChI is InChI=1S/C25H23N3O5S/c1-4-33-23(30)14-28-20-10-9-18(26-15(2)29)13-22(20)34-25(28)27-24(31)19-11-16-7-5-6-8-17(16)12-21(19)32-3/h5-13H,4,14H2,1-3H3,(H,26,29). The Balaban J connectivity index is 1.85. The fourth-order valence-electron chi connectivity index (χ4n) is 3.63. The minimum Gasteiger partial charge on any atom is -0.496 e. The minimum absolute atomic E-state index is 0.103. The first-order chi connectivity index (χ1) is 16.4. The molecule has 0 spiro atoms. The van der Waals surface area contributed by atoms with Gasteiger partial charge in [-0.25, -0.2) is 0 Å². The summed E-state index contributed by atoms with van der Waals surface area (Å²) in [4.78, 5) is 41.7.